The molecule has 0 saturated carbocycles. The van der Waals surface area contributed by atoms with Gasteiger partial charge in [-0.2, -0.15) is 0 Å². The Bertz CT molecular complexity index is 570. The van der Waals surface area contributed by atoms with E-state index in [4.69, 9.17) is 5.73 Å². The summed E-state index contributed by atoms with van der Waals surface area (Å²) < 4.78 is 0. The van der Waals surface area contributed by atoms with Crippen molar-refractivity contribution in [2.75, 3.05) is 5.73 Å². The average Bonchev–Trinajstić information content (AvgIpc) is 2.34. The quantitative estimate of drug-likeness (QED) is 0.659. The predicted octanol–water partition coefficient (Wildman–Crippen LogP) is 3.31. The van der Waals surface area contributed by atoms with Gasteiger partial charge in [-0.1, -0.05) is 18.2 Å². The molecule has 0 fully saturated rings. The summed E-state index contributed by atoms with van der Waals surface area (Å²) in [6.45, 7) is 4.13. The fourth-order valence-corrected chi connectivity index (χ4v) is 1.87. The van der Waals surface area contributed by atoms with Crippen LogP contribution in [0.2, 0.25) is 0 Å². The van der Waals surface area contributed by atoms with Gasteiger partial charge in [0.2, 0.25) is 0 Å². The Labute approximate surface area is 107 Å². The van der Waals surface area contributed by atoms with E-state index < -0.39 is 0 Å². The van der Waals surface area contributed by atoms with Crippen molar-refractivity contribution in [3.63, 3.8) is 0 Å². The number of anilines is 1. The first-order valence-electron chi connectivity index (χ1n) is 6.01. The smallest absolute Gasteiger partial charge is 0.167 e. The van der Waals surface area contributed by atoms with Gasteiger partial charge in [-0.25, -0.2) is 0 Å². The predicted molar refractivity (Wildman–Crippen MR) is 74.8 cm³/mol. The van der Waals surface area contributed by atoms with Gasteiger partial charge in [0.15, 0.2) is 5.78 Å². The lowest BCUT2D eigenvalue weighted by atomic mass is 9.99. The Morgan fingerprint density at radius 2 is 1.67 bits per heavy atom. The molecule has 0 unspecified atom stereocenters. The van der Waals surface area contributed by atoms with Crippen molar-refractivity contribution in [3.05, 3.63) is 64.7 Å². The Kier molecular flexibility index (Phi) is 3.47. The fourth-order valence-electron chi connectivity index (χ4n) is 1.87. The SMILES string of the molecule is Cc1ccc(CC(=O)c2ccc(N)cc2)cc1C. The highest BCUT2D eigenvalue weighted by atomic mass is 16.1. The summed E-state index contributed by atoms with van der Waals surface area (Å²) >= 11 is 0. The molecule has 0 aliphatic rings. The summed E-state index contributed by atoms with van der Waals surface area (Å²) in [6, 6.07) is 13.2. The van der Waals surface area contributed by atoms with E-state index in [1.54, 1.807) is 24.3 Å². The summed E-state index contributed by atoms with van der Waals surface area (Å²) in [6.07, 6.45) is 0.436. The summed E-state index contributed by atoms with van der Waals surface area (Å²) in [7, 11) is 0. The van der Waals surface area contributed by atoms with Crippen LogP contribution in [-0.4, -0.2) is 5.78 Å². The number of carbonyl (C=O) groups is 1. The van der Waals surface area contributed by atoms with Crippen LogP contribution in [0.4, 0.5) is 5.69 Å². The van der Waals surface area contributed by atoms with Gasteiger partial charge in [0.1, 0.15) is 0 Å². The molecule has 0 aliphatic carbocycles. The van der Waals surface area contributed by atoms with Crippen molar-refractivity contribution in [2.45, 2.75) is 20.3 Å². The van der Waals surface area contributed by atoms with E-state index >= 15 is 0 Å². The summed E-state index contributed by atoms with van der Waals surface area (Å²) in [5.41, 5.74) is 10.5. The number of benzene rings is 2. The monoisotopic (exact) mass is 239 g/mol. The zero-order valence-electron chi connectivity index (χ0n) is 10.7. The molecule has 2 rings (SSSR count). The van der Waals surface area contributed by atoms with Gasteiger partial charge in [0, 0.05) is 17.7 Å². The van der Waals surface area contributed by atoms with Gasteiger partial charge in [-0.3, -0.25) is 4.79 Å². The highest BCUT2D eigenvalue weighted by Crippen LogP contribution is 2.13. The number of Topliss-reactive ketones (excluding diaryl/α,β-unsaturated/α-hetero) is 1. The lowest BCUT2D eigenvalue weighted by Crippen LogP contribution is -2.04. The van der Waals surface area contributed by atoms with Crippen LogP contribution in [0.1, 0.15) is 27.0 Å². The van der Waals surface area contributed by atoms with E-state index in [2.05, 4.69) is 26.0 Å². The Balaban J connectivity index is 2.16. The lowest BCUT2D eigenvalue weighted by molar-refractivity contribution is 0.0993. The van der Waals surface area contributed by atoms with Crippen molar-refractivity contribution >= 4 is 11.5 Å². The van der Waals surface area contributed by atoms with E-state index in [0.29, 0.717) is 17.7 Å². The molecule has 0 aliphatic heterocycles. The van der Waals surface area contributed by atoms with Crippen molar-refractivity contribution in [3.8, 4) is 0 Å². The second-order valence-corrected chi connectivity index (χ2v) is 4.64. The van der Waals surface area contributed by atoms with Crippen molar-refractivity contribution in [1.29, 1.82) is 0 Å². The highest BCUT2D eigenvalue weighted by molar-refractivity contribution is 5.97. The number of nitrogen functional groups attached to an aromatic ring is 1. The van der Waals surface area contributed by atoms with Gasteiger partial charge >= 0.3 is 0 Å². The first kappa shape index (κ1) is 12.4. The number of hydrogen-bond acceptors (Lipinski definition) is 2. The first-order chi connectivity index (χ1) is 8.56. The number of rotatable bonds is 3. The third kappa shape index (κ3) is 2.77. The Hall–Kier alpha value is -2.09. The molecule has 0 spiro atoms. The van der Waals surface area contributed by atoms with E-state index in [1.807, 2.05) is 6.07 Å². The number of ketones is 1. The number of hydrogen-bond donors (Lipinski definition) is 1. The molecule has 0 saturated heterocycles. The van der Waals surface area contributed by atoms with Crippen molar-refractivity contribution in [1.82, 2.24) is 0 Å². The molecular weight excluding hydrogens is 222 g/mol. The van der Waals surface area contributed by atoms with Gasteiger partial charge in [0.05, 0.1) is 0 Å². The van der Waals surface area contributed by atoms with Gasteiger partial charge < -0.3 is 5.73 Å². The third-order valence-corrected chi connectivity index (χ3v) is 3.17. The van der Waals surface area contributed by atoms with Crippen LogP contribution >= 0.6 is 0 Å². The maximum absolute atomic E-state index is 12.1. The topological polar surface area (TPSA) is 43.1 Å². The molecule has 92 valence electrons. The first-order valence-corrected chi connectivity index (χ1v) is 6.01. The molecule has 2 aromatic carbocycles. The fraction of sp³-hybridized carbons (Fsp3) is 0.188. The molecular formula is C16H17NO. The zero-order valence-corrected chi connectivity index (χ0v) is 10.7. The van der Waals surface area contributed by atoms with Crippen LogP contribution in [0, 0.1) is 13.8 Å². The number of aryl methyl sites for hydroxylation is 2. The summed E-state index contributed by atoms with van der Waals surface area (Å²) in [4.78, 5) is 12.1. The van der Waals surface area contributed by atoms with E-state index in [1.165, 1.54) is 11.1 Å². The minimum absolute atomic E-state index is 0.123. The van der Waals surface area contributed by atoms with E-state index in [0.717, 1.165) is 5.56 Å². The minimum Gasteiger partial charge on any atom is -0.399 e. The molecule has 0 aromatic heterocycles. The van der Waals surface area contributed by atoms with Crippen LogP contribution in [0.25, 0.3) is 0 Å². The van der Waals surface area contributed by atoms with Gasteiger partial charge in [0.25, 0.3) is 0 Å². The summed E-state index contributed by atoms with van der Waals surface area (Å²) in [5.74, 6) is 0.123. The van der Waals surface area contributed by atoms with Crippen molar-refractivity contribution in [2.24, 2.45) is 0 Å². The summed E-state index contributed by atoms with van der Waals surface area (Å²) in [5, 5.41) is 0. The highest BCUT2D eigenvalue weighted by Gasteiger charge is 2.07. The maximum atomic E-state index is 12.1. The second-order valence-electron chi connectivity index (χ2n) is 4.64. The molecule has 2 heteroatoms. The van der Waals surface area contributed by atoms with Gasteiger partial charge in [-0.15, -0.1) is 0 Å². The largest absolute Gasteiger partial charge is 0.399 e. The van der Waals surface area contributed by atoms with Gasteiger partial charge in [-0.05, 0) is 54.8 Å². The lowest BCUT2D eigenvalue weighted by Gasteiger charge is -2.05. The molecule has 2 aromatic rings. The maximum Gasteiger partial charge on any atom is 0.167 e. The Morgan fingerprint density at radius 3 is 2.28 bits per heavy atom. The molecule has 0 amide bonds. The molecule has 2 N–H and O–H groups in total. The second kappa shape index (κ2) is 5.05. The normalized spacial score (nSPS) is 10.3. The zero-order chi connectivity index (χ0) is 13.1. The third-order valence-electron chi connectivity index (χ3n) is 3.17. The molecule has 0 heterocycles. The van der Waals surface area contributed by atoms with Crippen LogP contribution in [-0.2, 0) is 6.42 Å². The molecule has 0 radical (unpaired) electrons. The number of carbonyl (C=O) groups excluding carboxylic acids is 1. The molecule has 0 atom stereocenters. The van der Waals surface area contributed by atoms with Crippen molar-refractivity contribution < 1.29 is 4.79 Å². The molecule has 18 heavy (non-hydrogen) atoms. The van der Waals surface area contributed by atoms with Crippen LogP contribution in [0.3, 0.4) is 0 Å². The van der Waals surface area contributed by atoms with E-state index in [-0.39, 0.29) is 5.78 Å². The average molecular weight is 239 g/mol. The van der Waals surface area contributed by atoms with Crippen LogP contribution in [0.15, 0.2) is 42.5 Å². The number of nitrogens with two attached hydrogens (primary N) is 1. The molecule has 0 bridgehead atoms. The van der Waals surface area contributed by atoms with E-state index in [9.17, 15) is 4.79 Å². The standard InChI is InChI=1S/C16H17NO/c1-11-3-4-13(9-12(11)2)10-16(18)14-5-7-15(17)8-6-14/h3-9H,10,17H2,1-2H3. The minimum atomic E-state index is 0.123. The molecule has 2 nitrogen and oxygen atoms in total. The van der Waals surface area contributed by atoms with Crippen LogP contribution < -0.4 is 5.73 Å². The Morgan fingerprint density at radius 1 is 1.00 bits per heavy atom. The van der Waals surface area contributed by atoms with Crippen LogP contribution in [0.5, 0.6) is 0 Å².